The van der Waals surface area contributed by atoms with Gasteiger partial charge in [-0.25, -0.2) is 9.97 Å². The highest BCUT2D eigenvalue weighted by atomic mass is 16.2. The molecule has 1 aromatic rings. The van der Waals surface area contributed by atoms with Crippen molar-refractivity contribution in [3.63, 3.8) is 0 Å². The lowest BCUT2D eigenvalue weighted by atomic mass is 9.92. The maximum absolute atomic E-state index is 12.6. The number of nitrogens with zero attached hydrogens (tertiary/aromatic N) is 3. The number of nitrogens with one attached hydrogen (secondary N) is 1. The van der Waals surface area contributed by atoms with E-state index in [1.54, 1.807) is 12.4 Å². The Balaban J connectivity index is 1.74. The second-order valence-corrected chi connectivity index (χ2v) is 5.72. The van der Waals surface area contributed by atoms with Gasteiger partial charge in [0, 0.05) is 19.1 Å². The van der Waals surface area contributed by atoms with Crippen molar-refractivity contribution in [1.29, 1.82) is 0 Å². The lowest BCUT2D eigenvalue weighted by molar-refractivity contribution is 0.0542. The molecular formula is C15H22N4O. The van der Waals surface area contributed by atoms with Crippen LogP contribution in [0.5, 0.6) is 0 Å². The molecule has 0 spiro atoms. The van der Waals surface area contributed by atoms with Gasteiger partial charge in [-0.1, -0.05) is 6.42 Å². The third kappa shape index (κ3) is 2.49. The predicted molar refractivity (Wildman–Crippen MR) is 77.6 cm³/mol. The van der Waals surface area contributed by atoms with E-state index in [1.807, 2.05) is 11.8 Å². The highest BCUT2D eigenvalue weighted by Gasteiger charge is 2.37. The number of carbonyl (C=O) groups excluding carboxylic acids is 1. The third-order valence-electron chi connectivity index (χ3n) is 4.48. The van der Waals surface area contributed by atoms with Crippen LogP contribution in [0.2, 0.25) is 0 Å². The molecule has 0 aromatic carbocycles. The first-order valence-electron chi connectivity index (χ1n) is 7.66. The Morgan fingerprint density at radius 1 is 1.30 bits per heavy atom. The summed E-state index contributed by atoms with van der Waals surface area (Å²) in [4.78, 5) is 23.2. The van der Waals surface area contributed by atoms with E-state index < -0.39 is 0 Å². The predicted octanol–water partition coefficient (Wildman–Crippen LogP) is 2.31. The minimum Gasteiger partial charge on any atom is -0.369 e. The van der Waals surface area contributed by atoms with E-state index in [0.717, 1.165) is 31.7 Å². The maximum atomic E-state index is 12.6. The fourth-order valence-electron chi connectivity index (χ4n) is 3.56. The molecule has 108 valence electrons. The van der Waals surface area contributed by atoms with Crippen LogP contribution >= 0.6 is 0 Å². The zero-order chi connectivity index (χ0) is 13.9. The van der Waals surface area contributed by atoms with Crippen LogP contribution in [0.4, 0.5) is 5.82 Å². The van der Waals surface area contributed by atoms with Gasteiger partial charge in [-0.05, 0) is 38.5 Å². The van der Waals surface area contributed by atoms with Gasteiger partial charge in [0.15, 0.2) is 0 Å². The van der Waals surface area contributed by atoms with Gasteiger partial charge in [0.1, 0.15) is 11.5 Å². The Hall–Kier alpha value is -1.65. The van der Waals surface area contributed by atoms with E-state index in [2.05, 4.69) is 15.3 Å². The molecule has 0 bridgehead atoms. The normalized spacial score (nSPS) is 25.4. The standard InChI is InChI=1S/C15H22N4O/c1-2-16-14-10-17-12(9-18-14)15(20)19-8-4-6-11-5-3-7-13(11)19/h9-11,13H,2-8H2,1H3,(H,16,18). The van der Waals surface area contributed by atoms with E-state index in [-0.39, 0.29) is 5.91 Å². The van der Waals surface area contributed by atoms with Crippen LogP contribution in [-0.2, 0) is 0 Å². The molecule has 1 aromatic heterocycles. The summed E-state index contributed by atoms with van der Waals surface area (Å²) >= 11 is 0. The topological polar surface area (TPSA) is 58.1 Å². The SMILES string of the molecule is CCNc1cnc(C(=O)N2CCCC3CCCC32)cn1. The molecule has 5 heteroatoms. The van der Waals surface area contributed by atoms with Gasteiger partial charge in [0.05, 0.1) is 12.4 Å². The zero-order valence-electron chi connectivity index (χ0n) is 12.0. The van der Waals surface area contributed by atoms with Crippen molar-refractivity contribution in [2.45, 2.75) is 45.1 Å². The van der Waals surface area contributed by atoms with Gasteiger partial charge in [-0.2, -0.15) is 0 Å². The van der Waals surface area contributed by atoms with Gasteiger partial charge in [0.2, 0.25) is 0 Å². The number of rotatable bonds is 3. The van der Waals surface area contributed by atoms with Crippen molar-refractivity contribution >= 4 is 11.7 Å². The van der Waals surface area contributed by atoms with E-state index in [9.17, 15) is 4.79 Å². The number of likely N-dealkylation sites (tertiary alicyclic amines) is 1. The molecule has 2 aliphatic rings. The minimum absolute atomic E-state index is 0.0529. The molecule has 1 aliphatic heterocycles. The van der Waals surface area contributed by atoms with E-state index in [4.69, 9.17) is 0 Å². The van der Waals surface area contributed by atoms with E-state index in [0.29, 0.717) is 17.7 Å². The quantitative estimate of drug-likeness (QED) is 0.919. The summed E-state index contributed by atoms with van der Waals surface area (Å²) in [6, 6.07) is 0.437. The van der Waals surface area contributed by atoms with Crippen molar-refractivity contribution in [2.75, 3.05) is 18.4 Å². The Morgan fingerprint density at radius 3 is 2.90 bits per heavy atom. The molecule has 1 saturated heterocycles. The summed E-state index contributed by atoms with van der Waals surface area (Å²) in [6.07, 6.45) is 9.32. The lowest BCUT2D eigenvalue weighted by Crippen LogP contribution is -2.46. The molecule has 1 aliphatic carbocycles. The Kier molecular flexibility index (Phi) is 3.85. The van der Waals surface area contributed by atoms with Crippen LogP contribution in [0, 0.1) is 5.92 Å². The summed E-state index contributed by atoms with van der Waals surface area (Å²) in [7, 11) is 0. The number of hydrogen-bond acceptors (Lipinski definition) is 4. The molecule has 1 N–H and O–H groups in total. The second kappa shape index (κ2) is 5.77. The molecule has 3 rings (SSSR count). The first kappa shape index (κ1) is 13.3. The van der Waals surface area contributed by atoms with Gasteiger partial charge in [0.25, 0.3) is 5.91 Å². The molecule has 5 nitrogen and oxygen atoms in total. The highest BCUT2D eigenvalue weighted by molar-refractivity contribution is 5.92. The fourth-order valence-corrected chi connectivity index (χ4v) is 3.56. The lowest BCUT2D eigenvalue weighted by Gasteiger charge is -2.37. The van der Waals surface area contributed by atoms with Gasteiger partial charge in [-0.3, -0.25) is 4.79 Å². The van der Waals surface area contributed by atoms with Gasteiger partial charge < -0.3 is 10.2 Å². The monoisotopic (exact) mass is 274 g/mol. The van der Waals surface area contributed by atoms with Crippen molar-refractivity contribution < 1.29 is 4.79 Å². The summed E-state index contributed by atoms with van der Waals surface area (Å²) in [6.45, 7) is 3.68. The summed E-state index contributed by atoms with van der Waals surface area (Å²) in [5.74, 6) is 1.49. The Labute approximate surface area is 119 Å². The second-order valence-electron chi connectivity index (χ2n) is 5.72. The molecule has 1 saturated carbocycles. The smallest absolute Gasteiger partial charge is 0.274 e. The first-order valence-corrected chi connectivity index (χ1v) is 7.66. The van der Waals surface area contributed by atoms with Crippen LogP contribution in [0.15, 0.2) is 12.4 Å². The van der Waals surface area contributed by atoms with Crippen molar-refractivity contribution in [3.05, 3.63) is 18.1 Å². The number of piperidine rings is 1. The van der Waals surface area contributed by atoms with Gasteiger partial charge in [-0.15, -0.1) is 0 Å². The van der Waals surface area contributed by atoms with Gasteiger partial charge >= 0.3 is 0 Å². The third-order valence-corrected chi connectivity index (χ3v) is 4.48. The molecule has 1 amide bonds. The summed E-state index contributed by atoms with van der Waals surface area (Å²) < 4.78 is 0. The molecule has 2 fully saturated rings. The average molecular weight is 274 g/mol. The first-order chi connectivity index (χ1) is 9.79. The highest BCUT2D eigenvalue weighted by Crippen LogP contribution is 2.37. The van der Waals surface area contributed by atoms with E-state index >= 15 is 0 Å². The maximum Gasteiger partial charge on any atom is 0.274 e. The largest absolute Gasteiger partial charge is 0.369 e. The molecular weight excluding hydrogens is 252 g/mol. The van der Waals surface area contributed by atoms with Crippen LogP contribution in [-0.4, -0.2) is 39.9 Å². The van der Waals surface area contributed by atoms with Crippen molar-refractivity contribution in [1.82, 2.24) is 14.9 Å². The zero-order valence-corrected chi connectivity index (χ0v) is 12.0. The Bertz CT molecular complexity index is 473. The molecule has 20 heavy (non-hydrogen) atoms. The van der Waals surface area contributed by atoms with Crippen LogP contribution in [0.1, 0.15) is 49.5 Å². The van der Waals surface area contributed by atoms with Crippen molar-refractivity contribution in [2.24, 2.45) is 5.92 Å². The van der Waals surface area contributed by atoms with E-state index in [1.165, 1.54) is 19.3 Å². The molecule has 2 atom stereocenters. The van der Waals surface area contributed by atoms with Crippen LogP contribution in [0.3, 0.4) is 0 Å². The van der Waals surface area contributed by atoms with Crippen LogP contribution in [0.25, 0.3) is 0 Å². The summed E-state index contributed by atoms with van der Waals surface area (Å²) in [5.41, 5.74) is 0.471. The Morgan fingerprint density at radius 2 is 2.15 bits per heavy atom. The van der Waals surface area contributed by atoms with Crippen molar-refractivity contribution in [3.8, 4) is 0 Å². The number of anilines is 1. The summed E-state index contributed by atoms with van der Waals surface area (Å²) in [5, 5.41) is 3.09. The average Bonchev–Trinajstić information content (AvgIpc) is 2.96. The number of carbonyl (C=O) groups is 1. The number of fused-ring (bicyclic) bond motifs is 1. The molecule has 0 radical (unpaired) electrons. The molecule has 2 heterocycles. The number of hydrogen-bond donors (Lipinski definition) is 1. The number of amides is 1. The minimum atomic E-state index is 0.0529. The number of aromatic nitrogens is 2. The molecule has 2 unspecified atom stereocenters. The van der Waals surface area contributed by atoms with Crippen LogP contribution < -0.4 is 5.32 Å². The fraction of sp³-hybridized carbons (Fsp3) is 0.667.